The van der Waals surface area contributed by atoms with E-state index in [9.17, 15) is 4.39 Å². The van der Waals surface area contributed by atoms with E-state index < -0.39 is 5.82 Å². The minimum Gasteiger partial charge on any atom is -0.368 e. The van der Waals surface area contributed by atoms with Crippen LogP contribution in [0, 0.1) is 5.82 Å². The van der Waals surface area contributed by atoms with Crippen LogP contribution in [0.4, 0.5) is 10.3 Å². The summed E-state index contributed by atoms with van der Waals surface area (Å²) in [6.45, 7) is 0. The molecule has 0 amide bonds. The number of nitrogen functional groups attached to an aromatic ring is 1. The minimum atomic E-state index is -0.416. The Labute approximate surface area is 125 Å². The van der Waals surface area contributed by atoms with E-state index >= 15 is 0 Å². The van der Waals surface area contributed by atoms with Crippen molar-refractivity contribution in [3.05, 3.63) is 28.5 Å². The summed E-state index contributed by atoms with van der Waals surface area (Å²) in [5.74, 6) is 0.244. The van der Waals surface area contributed by atoms with Crippen LogP contribution in [-0.2, 0) is 0 Å². The SMILES string of the molecule is CSc1nc(N)n2nc(-c3cc(Br)ccc3F)nc2n1. The number of fused-ring (bicyclic) bond motifs is 1. The van der Waals surface area contributed by atoms with Gasteiger partial charge in [0.15, 0.2) is 11.0 Å². The average Bonchev–Trinajstić information content (AvgIpc) is 2.85. The zero-order valence-electron chi connectivity index (χ0n) is 10.2. The third kappa shape index (κ3) is 2.22. The van der Waals surface area contributed by atoms with E-state index in [4.69, 9.17) is 5.73 Å². The first kappa shape index (κ1) is 13.3. The van der Waals surface area contributed by atoms with Gasteiger partial charge in [0.1, 0.15) is 5.82 Å². The second-order valence-corrected chi connectivity index (χ2v) is 5.53. The Balaban J connectivity index is 2.22. The number of rotatable bonds is 2. The van der Waals surface area contributed by atoms with E-state index in [-0.39, 0.29) is 23.1 Å². The summed E-state index contributed by atoms with van der Waals surface area (Å²) < 4.78 is 15.9. The van der Waals surface area contributed by atoms with E-state index in [1.807, 2.05) is 6.26 Å². The molecule has 0 aliphatic carbocycles. The van der Waals surface area contributed by atoms with Gasteiger partial charge in [0.25, 0.3) is 5.78 Å². The van der Waals surface area contributed by atoms with Crippen LogP contribution in [0.2, 0.25) is 0 Å². The van der Waals surface area contributed by atoms with Crippen LogP contribution in [0.1, 0.15) is 0 Å². The molecule has 2 heterocycles. The van der Waals surface area contributed by atoms with Gasteiger partial charge < -0.3 is 5.73 Å². The molecule has 6 nitrogen and oxygen atoms in total. The molecule has 0 aliphatic rings. The molecule has 2 N–H and O–H groups in total. The largest absolute Gasteiger partial charge is 0.368 e. The maximum Gasteiger partial charge on any atom is 0.258 e. The van der Waals surface area contributed by atoms with Crippen LogP contribution in [0.25, 0.3) is 17.2 Å². The van der Waals surface area contributed by atoms with Crippen molar-refractivity contribution in [1.29, 1.82) is 0 Å². The van der Waals surface area contributed by atoms with Crippen molar-refractivity contribution in [2.24, 2.45) is 0 Å². The van der Waals surface area contributed by atoms with Crippen LogP contribution < -0.4 is 5.73 Å². The van der Waals surface area contributed by atoms with Crippen LogP contribution >= 0.6 is 27.7 Å². The van der Waals surface area contributed by atoms with Gasteiger partial charge in [-0.15, -0.1) is 5.10 Å². The molecule has 0 saturated carbocycles. The number of hydrogen-bond acceptors (Lipinski definition) is 6. The Morgan fingerprint density at radius 3 is 2.85 bits per heavy atom. The fraction of sp³-hybridized carbons (Fsp3) is 0.0909. The van der Waals surface area contributed by atoms with Crippen LogP contribution in [0.5, 0.6) is 0 Å². The van der Waals surface area contributed by atoms with Gasteiger partial charge in [-0.25, -0.2) is 4.39 Å². The molecule has 3 aromatic rings. The zero-order chi connectivity index (χ0) is 14.3. The Morgan fingerprint density at radius 2 is 2.10 bits per heavy atom. The molecule has 2 aromatic heterocycles. The maximum atomic E-state index is 13.8. The summed E-state index contributed by atoms with van der Waals surface area (Å²) >= 11 is 4.63. The summed E-state index contributed by atoms with van der Waals surface area (Å²) in [6, 6.07) is 4.55. The quantitative estimate of drug-likeness (QED) is 0.711. The molecule has 3 rings (SSSR count). The van der Waals surface area contributed by atoms with Crippen molar-refractivity contribution in [1.82, 2.24) is 24.6 Å². The molecule has 9 heteroatoms. The van der Waals surface area contributed by atoms with E-state index in [1.165, 1.54) is 22.3 Å². The Bertz CT molecular complexity index is 805. The number of anilines is 1. The fourth-order valence-electron chi connectivity index (χ4n) is 1.66. The summed E-state index contributed by atoms with van der Waals surface area (Å²) in [4.78, 5) is 12.4. The van der Waals surface area contributed by atoms with Crippen LogP contribution in [0.15, 0.2) is 27.8 Å². The molecule has 0 atom stereocenters. The van der Waals surface area contributed by atoms with Gasteiger partial charge in [-0.3, -0.25) is 0 Å². The highest BCUT2D eigenvalue weighted by atomic mass is 79.9. The van der Waals surface area contributed by atoms with Gasteiger partial charge in [0.2, 0.25) is 5.95 Å². The summed E-state index contributed by atoms with van der Waals surface area (Å²) in [5.41, 5.74) is 6.06. The first-order chi connectivity index (χ1) is 9.58. The van der Waals surface area contributed by atoms with Crippen molar-refractivity contribution in [3.8, 4) is 11.4 Å². The first-order valence-electron chi connectivity index (χ1n) is 5.48. The number of aromatic nitrogens is 5. The number of nitrogens with two attached hydrogens (primary N) is 1. The predicted molar refractivity (Wildman–Crippen MR) is 77.9 cm³/mol. The molecule has 0 saturated heterocycles. The van der Waals surface area contributed by atoms with Gasteiger partial charge in [0.05, 0.1) is 5.56 Å². The van der Waals surface area contributed by atoms with Crippen LogP contribution in [0.3, 0.4) is 0 Å². The Kier molecular flexibility index (Phi) is 3.30. The molecule has 20 heavy (non-hydrogen) atoms. The molecule has 0 bridgehead atoms. The maximum absolute atomic E-state index is 13.8. The molecule has 0 spiro atoms. The second-order valence-electron chi connectivity index (χ2n) is 3.84. The average molecular weight is 355 g/mol. The minimum absolute atomic E-state index is 0.161. The van der Waals surface area contributed by atoms with Gasteiger partial charge in [-0.05, 0) is 24.5 Å². The highest BCUT2D eigenvalue weighted by Gasteiger charge is 2.15. The topological polar surface area (TPSA) is 82.0 Å². The molecule has 102 valence electrons. The van der Waals surface area contributed by atoms with Crippen molar-refractivity contribution in [2.45, 2.75) is 5.16 Å². The van der Waals surface area contributed by atoms with Crippen molar-refractivity contribution in [2.75, 3.05) is 12.0 Å². The van der Waals surface area contributed by atoms with Gasteiger partial charge in [0, 0.05) is 4.47 Å². The highest BCUT2D eigenvalue weighted by molar-refractivity contribution is 9.10. The number of nitrogens with zero attached hydrogens (tertiary/aromatic N) is 5. The number of hydrogen-bond donors (Lipinski definition) is 1. The first-order valence-corrected chi connectivity index (χ1v) is 7.50. The smallest absolute Gasteiger partial charge is 0.258 e. The Morgan fingerprint density at radius 1 is 1.30 bits per heavy atom. The standard InChI is InChI=1S/C11H8BrFN6S/c1-20-11-16-9(14)19-10(17-11)15-8(18-19)6-4-5(12)2-3-7(6)13/h2-4H,1H3,(H2,14,15,16,17,18). The molecule has 0 radical (unpaired) electrons. The Hall–Kier alpha value is -1.74. The monoisotopic (exact) mass is 354 g/mol. The van der Waals surface area contributed by atoms with Gasteiger partial charge in [-0.2, -0.15) is 19.5 Å². The van der Waals surface area contributed by atoms with Crippen LogP contribution in [-0.4, -0.2) is 30.8 Å². The molecule has 0 unspecified atom stereocenters. The number of halogens is 2. The van der Waals surface area contributed by atoms with Crippen molar-refractivity contribution >= 4 is 39.4 Å². The lowest BCUT2D eigenvalue weighted by Gasteiger charge is -1.98. The van der Waals surface area contributed by atoms with Crippen molar-refractivity contribution in [3.63, 3.8) is 0 Å². The lowest BCUT2D eigenvalue weighted by atomic mass is 10.2. The van der Waals surface area contributed by atoms with E-state index in [0.717, 1.165) is 4.47 Å². The lowest BCUT2D eigenvalue weighted by molar-refractivity contribution is 0.629. The zero-order valence-corrected chi connectivity index (χ0v) is 12.6. The normalized spacial score (nSPS) is 11.2. The lowest BCUT2D eigenvalue weighted by Crippen LogP contribution is -2.04. The fourth-order valence-corrected chi connectivity index (χ4v) is 2.38. The van der Waals surface area contributed by atoms with E-state index in [0.29, 0.717) is 5.16 Å². The van der Waals surface area contributed by atoms with E-state index in [1.54, 1.807) is 12.1 Å². The highest BCUT2D eigenvalue weighted by Crippen LogP contribution is 2.24. The molecular formula is C11H8BrFN6S. The number of benzene rings is 1. The third-order valence-electron chi connectivity index (χ3n) is 2.56. The predicted octanol–water partition coefficient (Wildman–Crippen LogP) is 2.39. The second kappa shape index (κ2) is 4.98. The number of thioether (sulfide) groups is 1. The summed E-state index contributed by atoms with van der Waals surface area (Å²) in [6.07, 6.45) is 1.83. The third-order valence-corrected chi connectivity index (χ3v) is 3.61. The van der Waals surface area contributed by atoms with Crippen molar-refractivity contribution < 1.29 is 4.39 Å². The molecule has 0 aliphatic heterocycles. The van der Waals surface area contributed by atoms with Gasteiger partial charge in [-0.1, -0.05) is 27.7 Å². The summed E-state index contributed by atoms with van der Waals surface area (Å²) in [5, 5.41) is 4.63. The van der Waals surface area contributed by atoms with E-state index in [2.05, 4.69) is 36.0 Å². The summed E-state index contributed by atoms with van der Waals surface area (Å²) in [7, 11) is 0. The molecule has 1 aromatic carbocycles. The van der Waals surface area contributed by atoms with Gasteiger partial charge >= 0.3 is 0 Å². The molecular weight excluding hydrogens is 347 g/mol. The molecule has 0 fully saturated rings.